The van der Waals surface area contributed by atoms with Gasteiger partial charge in [0, 0.05) is 39.4 Å². The number of rotatable bonds is 24. The number of benzene rings is 9. The van der Waals surface area contributed by atoms with E-state index in [1.807, 2.05) is 60.7 Å². The number of carboxylic acids is 6. The average Bonchev–Trinajstić information content (AvgIpc) is 0.819. The number of halogens is 3. The number of anilines is 1. The predicted octanol–water partition coefficient (Wildman–Crippen LogP) is 17.9. The molecule has 9 aromatic carbocycles. The highest BCUT2D eigenvalue weighted by Gasteiger charge is 2.20. The molecule has 0 aromatic heterocycles. The lowest BCUT2D eigenvalue weighted by Crippen LogP contribution is -2.18. The molecule has 0 heterocycles. The first-order chi connectivity index (χ1) is 48.7. The van der Waals surface area contributed by atoms with Crippen LogP contribution < -0.4 is 4.72 Å². The highest BCUT2D eigenvalue weighted by Crippen LogP contribution is 2.31. The molecule has 21 nitrogen and oxygen atoms in total. The summed E-state index contributed by atoms with van der Waals surface area (Å²) in [5.41, 5.74) is 8.52. The summed E-state index contributed by atoms with van der Waals surface area (Å²) in [5, 5.41) is 55.5. The minimum Gasteiger partial charge on any atom is -0.478 e. The summed E-state index contributed by atoms with van der Waals surface area (Å²) in [5.74, 6) is -7.06. The Morgan fingerprint density at radius 1 is 0.349 bits per heavy atom. The van der Waals surface area contributed by atoms with Crippen molar-refractivity contribution < 1.29 is 93.1 Å². The van der Waals surface area contributed by atoms with E-state index < -0.39 is 75.4 Å². The SMILES string of the molecule is C.C.CCCCCCCCS(=O)(=O)Nc1cc(-c2ccc(Cl)cc2)ccc1C(=O)O.CS(=O)(=O)Cc1ccccc1C(=O)O.CS(=O)(=O)Cc1ccccc1C(=O)O.CS(=O)(=O)Cc1ccccc1C(=O)O.Cc1cc(-c2cccc(Cl)c2)ccc1C(=O)O.Cc1cc(-c2ccccc2Cl)ccc1C(=O)O. The van der Waals surface area contributed by atoms with Crippen molar-refractivity contribution in [3.63, 3.8) is 0 Å². The van der Waals surface area contributed by atoms with E-state index in [0.29, 0.717) is 54.9 Å². The van der Waals surface area contributed by atoms with Crippen molar-refractivity contribution >= 4 is 116 Å². The lowest BCUT2D eigenvalue weighted by atomic mass is 10.00. The molecule has 0 unspecified atom stereocenters. The molecule has 568 valence electrons. The third kappa shape index (κ3) is 32.7. The van der Waals surface area contributed by atoms with Gasteiger partial charge in [0.1, 0.15) is 0 Å². The smallest absolute Gasteiger partial charge is 0.337 e. The van der Waals surface area contributed by atoms with Gasteiger partial charge in [-0.25, -0.2) is 62.4 Å². The van der Waals surface area contributed by atoms with E-state index in [-0.39, 0.29) is 65.8 Å². The first kappa shape index (κ1) is 92.4. The van der Waals surface area contributed by atoms with Crippen LogP contribution in [-0.4, -0.2) is 125 Å². The largest absolute Gasteiger partial charge is 0.478 e. The van der Waals surface area contributed by atoms with E-state index >= 15 is 0 Å². The van der Waals surface area contributed by atoms with Gasteiger partial charge in [-0.15, -0.1) is 0 Å². The van der Waals surface area contributed by atoms with Gasteiger partial charge >= 0.3 is 35.8 Å². The molecular weight excluding hydrogens is 1510 g/mol. The van der Waals surface area contributed by atoms with E-state index in [0.717, 1.165) is 89.8 Å². The van der Waals surface area contributed by atoms with Crippen LogP contribution in [0.1, 0.15) is 150 Å². The molecule has 0 saturated carbocycles. The molecule has 106 heavy (non-hydrogen) atoms. The molecular formula is C78H86Cl3NO20S4. The van der Waals surface area contributed by atoms with Crippen LogP contribution in [-0.2, 0) is 56.8 Å². The van der Waals surface area contributed by atoms with Gasteiger partial charge in [0.05, 0.1) is 62.1 Å². The Labute approximate surface area is 635 Å². The molecule has 9 aromatic rings. The van der Waals surface area contributed by atoms with Crippen molar-refractivity contribution in [2.45, 2.75) is 91.4 Å². The zero-order valence-corrected chi connectivity index (χ0v) is 62.8. The summed E-state index contributed by atoms with van der Waals surface area (Å²) in [7, 11) is -13.2. The summed E-state index contributed by atoms with van der Waals surface area (Å²) < 4.78 is 93.2. The summed E-state index contributed by atoms with van der Waals surface area (Å²) in [6.45, 7) is 5.70. The highest BCUT2D eigenvalue weighted by molar-refractivity contribution is 7.92. The molecule has 0 spiro atoms. The molecule has 0 amide bonds. The number of nitrogens with one attached hydrogen (secondary N) is 1. The zero-order valence-electron chi connectivity index (χ0n) is 57.3. The van der Waals surface area contributed by atoms with Gasteiger partial charge in [-0.2, -0.15) is 0 Å². The van der Waals surface area contributed by atoms with Crippen LogP contribution in [0, 0.1) is 13.8 Å². The van der Waals surface area contributed by atoms with Crippen LogP contribution in [0.15, 0.2) is 200 Å². The van der Waals surface area contributed by atoms with Crippen LogP contribution in [0.3, 0.4) is 0 Å². The molecule has 7 N–H and O–H groups in total. The minimum absolute atomic E-state index is 0. The number of aryl methyl sites for hydroxylation is 2. The third-order valence-electron chi connectivity index (χ3n) is 14.7. The molecule has 28 heteroatoms. The molecule has 0 radical (unpaired) electrons. The van der Waals surface area contributed by atoms with Gasteiger partial charge in [-0.05, 0) is 149 Å². The fourth-order valence-electron chi connectivity index (χ4n) is 9.86. The Hall–Kier alpha value is -9.73. The summed E-state index contributed by atoms with van der Waals surface area (Å²) in [4.78, 5) is 65.5. The van der Waals surface area contributed by atoms with E-state index in [1.54, 1.807) is 111 Å². The maximum atomic E-state index is 12.4. The lowest BCUT2D eigenvalue weighted by Gasteiger charge is -2.13. The van der Waals surface area contributed by atoms with E-state index in [4.69, 9.17) is 60.3 Å². The zero-order chi connectivity index (χ0) is 77.7. The lowest BCUT2D eigenvalue weighted by molar-refractivity contribution is 0.0685. The molecule has 0 aliphatic rings. The van der Waals surface area contributed by atoms with Gasteiger partial charge in [0.15, 0.2) is 29.5 Å². The monoisotopic (exact) mass is 1590 g/mol. The van der Waals surface area contributed by atoms with Crippen molar-refractivity contribution in [3.05, 3.63) is 276 Å². The highest BCUT2D eigenvalue weighted by atomic mass is 35.5. The van der Waals surface area contributed by atoms with Gasteiger partial charge in [-0.1, -0.05) is 216 Å². The molecule has 9 rings (SSSR count). The van der Waals surface area contributed by atoms with Crippen LogP contribution in [0.5, 0.6) is 0 Å². The Balaban J connectivity index is 0.000000440. The Bertz CT molecular complexity index is 4790. The molecule has 0 aliphatic carbocycles. The number of carbonyl (C=O) groups is 6. The first-order valence-corrected chi connectivity index (χ1v) is 40.5. The standard InChI is InChI=1S/C21H26ClNO4S.2C14H11ClO2.3C9H10O4S.2CH4/c1-2-3-4-5-6-7-14-28(26,27)23-20-15-17(10-13-19(20)21(24)25)16-8-11-18(22)12-9-16;1-9-7-11(5-6-13(9)14(16)17)10-3-2-4-12(15)8-10;1-9-8-10(6-7-11(9)14(16)17)12-4-2-3-5-13(12)15;3*1-14(12,13)6-7-4-2-3-5-8(7)9(10)11;;/h8-13,15,23H,2-7,14H2,1H3,(H,24,25);2*2-8H,1H3,(H,16,17);3*2-5H,6H2,1H3,(H,10,11);2*1H4. The van der Waals surface area contributed by atoms with Crippen molar-refractivity contribution in [3.8, 4) is 33.4 Å². The Morgan fingerprint density at radius 2 is 0.698 bits per heavy atom. The van der Waals surface area contributed by atoms with Crippen LogP contribution >= 0.6 is 34.8 Å². The van der Waals surface area contributed by atoms with Crippen molar-refractivity contribution in [2.24, 2.45) is 0 Å². The van der Waals surface area contributed by atoms with Gasteiger partial charge in [0.25, 0.3) is 0 Å². The molecule has 0 atom stereocenters. The number of unbranched alkanes of at least 4 members (excludes halogenated alkanes) is 5. The topological polar surface area (TPSA) is 372 Å². The van der Waals surface area contributed by atoms with Crippen molar-refractivity contribution in [2.75, 3.05) is 29.2 Å². The second-order valence-corrected chi connectivity index (χ2v) is 33.1. The second kappa shape index (κ2) is 43.7. The maximum absolute atomic E-state index is 12.4. The minimum atomic E-state index is -3.62. The van der Waals surface area contributed by atoms with E-state index in [2.05, 4.69) is 11.6 Å². The second-order valence-electron chi connectivity index (χ2n) is 23.5. The number of sulfone groups is 3. The number of aromatic carboxylic acids is 6. The fourth-order valence-corrected chi connectivity index (χ4v) is 14.1. The normalized spacial score (nSPS) is 10.7. The van der Waals surface area contributed by atoms with Crippen LogP contribution in [0.4, 0.5) is 5.69 Å². The average molecular weight is 1590 g/mol. The predicted molar refractivity (Wildman–Crippen MR) is 421 cm³/mol. The molecule has 0 bridgehead atoms. The summed E-state index contributed by atoms with van der Waals surface area (Å²) in [6.07, 6.45) is 9.04. The van der Waals surface area contributed by atoms with Crippen molar-refractivity contribution in [1.82, 2.24) is 0 Å². The molecule has 0 saturated heterocycles. The number of hydrogen-bond donors (Lipinski definition) is 7. The Kier molecular flexibility index (Phi) is 38.0. The van der Waals surface area contributed by atoms with Gasteiger partial charge < -0.3 is 30.6 Å². The number of sulfonamides is 1. The van der Waals surface area contributed by atoms with Crippen LogP contribution in [0.25, 0.3) is 33.4 Å². The maximum Gasteiger partial charge on any atom is 0.337 e. The molecule has 0 aliphatic heterocycles. The van der Waals surface area contributed by atoms with Gasteiger partial charge in [-0.3, -0.25) is 4.72 Å². The number of hydrogen-bond acceptors (Lipinski definition) is 14. The van der Waals surface area contributed by atoms with Crippen molar-refractivity contribution in [1.29, 1.82) is 0 Å². The van der Waals surface area contributed by atoms with E-state index in [9.17, 15) is 67.5 Å². The van der Waals surface area contributed by atoms with E-state index in [1.165, 1.54) is 42.5 Å². The van der Waals surface area contributed by atoms with Gasteiger partial charge in [0.2, 0.25) is 10.0 Å². The molecule has 0 fully saturated rings. The summed E-state index contributed by atoms with van der Waals surface area (Å²) in [6, 6.07) is 55.4. The third-order valence-corrected chi connectivity index (χ3v) is 19.4. The Morgan fingerprint density at radius 3 is 1.09 bits per heavy atom. The quantitative estimate of drug-likeness (QED) is 0.0276. The first-order valence-electron chi connectivity index (χ1n) is 31.5. The van der Waals surface area contributed by atoms with Crippen LogP contribution in [0.2, 0.25) is 15.1 Å². The fraction of sp³-hybridized carbons (Fsp3) is 0.231. The summed E-state index contributed by atoms with van der Waals surface area (Å²) >= 11 is 17.9. The number of carboxylic acid groups (broad SMARTS) is 6.